The molecule has 0 aliphatic heterocycles. The molecule has 1 rings (SSSR count). The van der Waals surface area contributed by atoms with Crippen LogP contribution in [0, 0.1) is 0 Å². The molecule has 0 saturated heterocycles. The first-order valence-corrected chi connectivity index (χ1v) is 6.13. The zero-order chi connectivity index (χ0) is 11.5. The van der Waals surface area contributed by atoms with E-state index in [1.54, 1.807) is 18.4 Å². The fourth-order valence-electron chi connectivity index (χ4n) is 1.26. The van der Waals surface area contributed by atoms with Crippen molar-refractivity contribution in [3.05, 3.63) is 16.1 Å². The fourth-order valence-corrected chi connectivity index (χ4v) is 2.38. The minimum Gasteiger partial charge on any atom is -0.371 e. The van der Waals surface area contributed by atoms with Crippen molar-refractivity contribution >= 4 is 11.3 Å². The Bertz CT molecular complexity index is 307. The van der Waals surface area contributed by atoms with Crippen molar-refractivity contribution in [1.29, 1.82) is 0 Å². The third kappa shape index (κ3) is 2.56. The van der Waals surface area contributed by atoms with Crippen LogP contribution in [0.3, 0.4) is 0 Å². The van der Waals surface area contributed by atoms with Crippen LogP contribution in [0.25, 0.3) is 0 Å². The van der Waals surface area contributed by atoms with Crippen LogP contribution in [0.4, 0.5) is 0 Å². The van der Waals surface area contributed by atoms with Crippen LogP contribution in [0.2, 0.25) is 0 Å². The highest BCUT2D eigenvalue weighted by Crippen LogP contribution is 2.31. The average molecular weight is 228 g/mol. The standard InChI is InChI=1S/C11H20N2OS/c1-6-11(3,14-5)10-13-9(7-15-10)8(2)12-4/h7-8,12H,6H2,1-5H3. The van der Waals surface area contributed by atoms with E-state index in [2.05, 4.69) is 36.5 Å². The highest BCUT2D eigenvalue weighted by Gasteiger charge is 2.27. The van der Waals surface area contributed by atoms with Gasteiger partial charge >= 0.3 is 0 Å². The maximum Gasteiger partial charge on any atom is 0.125 e. The molecule has 0 aliphatic carbocycles. The lowest BCUT2D eigenvalue weighted by Gasteiger charge is -2.23. The van der Waals surface area contributed by atoms with Crippen molar-refractivity contribution in [2.75, 3.05) is 14.2 Å². The van der Waals surface area contributed by atoms with Crippen LogP contribution >= 0.6 is 11.3 Å². The average Bonchev–Trinajstić information content (AvgIpc) is 2.76. The molecule has 0 saturated carbocycles. The molecule has 3 nitrogen and oxygen atoms in total. The number of ether oxygens (including phenoxy) is 1. The van der Waals surface area contributed by atoms with Gasteiger partial charge in [0.15, 0.2) is 0 Å². The summed E-state index contributed by atoms with van der Waals surface area (Å²) in [6, 6.07) is 0.299. The summed E-state index contributed by atoms with van der Waals surface area (Å²) in [6.45, 7) is 6.31. The lowest BCUT2D eigenvalue weighted by Crippen LogP contribution is -2.23. The summed E-state index contributed by atoms with van der Waals surface area (Å²) in [7, 11) is 3.69. The number of aromatic nitrogens is 1. The second-order valence-corrected chi connectivity index (χ2v) is 4.73. The number of hydrogen-bond donors (Lipinski definition) is 1. The largest absolute Gasteiger partial charge is 0.371 e. The topological polar surface area (TPSA) is 34.1 Å². The summed E-state index contributed by atoms with van der Waals surface area (Å²) in [5.74, 6) is 0. The van der Waals surface area contributed by atoms with Gasteiger partial charge in [0.25, 0.3) is 0 Å². The number of rotatable bonds is 5. The van der Waals surface area contributed by atoms with Gasteiger partial charge in [-0.05, 0) is 27.3 Å². The summed E-state index contributed by atoms with van der Waals surface area (Å²) in [5.41, 5.74) is 0.852. The molecule has 1 heterocycles. The summed E-state index contributed by atoms with van der Waals surface area (Å²) in [6.07, 6.45) is 0.935. The van der Waals surface area contributed by atoms with Crippen LogP contribution < -0.4 is 5.32 Å². The SMILES string of the molecule is CCC(C)(OC)c1nc(C(C)NC)cs1. The maximum absolute atomic E-state index is 5.53. The van der Waals surface area contributed by atoms with Crippen molar-refractivity contribution in [1.82, 2.24) is 10.3 Å². The van der Waals surface area contributed by atoms with Gasteiger partial charge in [-0.25, -0.2) is 4.98 Å². The molecule has 2 atom stereocenters. The molecular formula is C11H20N2OS. The lowest BCUT2D eigenvalue weighted by atomic mass is 10.0. The van der Waals surface area contributed by atoms with Crippen molar-refractivity contribution in [3.8, 4) is 0 Å². The molecule has 0 spiro atoms. The Labute approximate surface area is 95.9 Å². The predicted octanol–water partition coefficient (Wildman–Crippen LogP) is 2.70. The predicted molar refractivity (Wildman–Crippen MR) is 64.2 cm³/mol. The minimum atomic E-state index is -0.240. The molecule has 0 aromatic carbocycles. The minimum absolute atomic E-state index is 0.240. The molecule has 2 unspecified atom stereocenters. The molecule has 4 heteroatoms. The van der Waals surface area contributed by atoms with Crippen LogP contribution in [0.5, 0.6) is 0 Å². The first-order chi connectivity index (χ1) is 7.07. The van der Waals surface area contributed by atoms with E-state index in [1.165, 1.54) is 0 Å². The van der Waals surface area contributed by atoms with Gasteiger partial charge in [-0.2, -0.15) is 0 Å². The normalized spacial score (nSPS) is 17.4. The van der Waals surface area contributed by atoms with E-state index >= 15 is 0 Å². The van der Waals surface area contributed by atoms with Crippen LogP contribution in [0.15, 0.2) is 5.38 Å². The molecule has 1 aromatic rings. The van der Waals surface area contributed by atoms with Gasteiger partial charge in [0.05, 0.1) is 5.69 Å². The van der Waals surface area contributed by atoms with Crippen molar-refractivity contribution < 1.29 is 4.74 Å². The Balaban J connectivity index is 2.92. The Morgan fingerprint density at radius 2 is 2.33 bits per heavy atom. The number of hydrogen-bond acceptors (Lipinski definition) is 4. The Kier molecular flexibility index (Phi) is 4.25. The van der Waals surface area contributed by atoms with Crippen molar-refractivity contribution in [3.63, 3.8) is 0 Å². The van der Waals surface area contributed by atoms with E-state index in [9.17, 15) is 0 Å². The molecule has 86 valence electrons. The first-order valence-electron chi connectivity index (χ1n) is 5.25. The highest BCUT2D eigenvalue weighted by molar-refractivity contribution is 7.09. The Hall–Kier alpha value is -0.450. The second-order valence-electron chi connectivity index (χ2n) is 3.88. The van der Waals surface area contributed by atoms with Gasteiger partial charge in [0.2, 0.25) is 0 Å². The van der Waals surface area contributed by atoms with Crippen LogP contribution in [-0.4, -0.2) is 19.1 Å². The van der Waals surface area contributed by atoms with E-state index in [0.29, 0.717) is 6.04 Å². The molecule has 0 fully saturated rings. The summed E-state index contributed by atoms with van der Waals surface area (Å²) < 4.78 is 5.53. The quantitative estimate of drug-likeness (QED) is 0.841. The third-order valence-electron chi connectivity index (χ3n) is 2.98. The zero-order valence-electron chi connectivity index (χ0n) is 10.1. The molecule has 1 N–H and O–H groups in total. The van der Waals surface area contributed by atoms with E-state index in [1.807, 2.05) is 7.05 Å². The van der Waals surface area contributed by atoms with Gasteiger partial charge in [-0.1, -0.05) is 6.92 Å². The molecule has 0 aliphatic rings. The number of nitrogens with one attached hydrogen (secondary N) is 1. The molecule has 1 aromatic heterocycles. The van der Waals surface area contributed by atoms with E-state index in [0.717, 1.165) is 17.1 Å². The fraction of sp³-hybridized carbons (Fsp3) is 0.727. The van der Waals surface area contributed by atoms with Crippen LogP contribution in [-0.2, 0) is 10.3 Å². The molecule has 15 heavy (non-hydrogen) atoms. The molecule has 0 amide bonds. The van der Waals surface area contributed by atoms with Gasteiger partial charge in [-0.3, -0.25) is 0 Å². The monoisotopic (exact) mass is 228 g/mol. The molecule has 0 radical (unpaired) electrons. The first kappa shape index (κ1) is 12.6. The Morgan fingerprint density at radius 3 is 2.80 bits per heavy atom. The van der Waals surface area contributed by atoms with Gasteiger partial charge in [0, 0.05) is 18.5 Å². The summed E-state index contributed by atoms with van der Waals surface area (Å²) in [4.78, 5) is 4.63. The van der Waals surface area contributed by atoms with Crippen LogP contribution in [0.1, 0.15) is 43.9 Å². The smallest absolute Gasteiger partial charge is 0.125 e. The maximum atomic E-state index is 5.53. The van der Waals surface area contributed by atoms with Crippen molar-refractivity contribution in [2.45, 2.75) is 38.8 Å². The molecular weight excluding hydrogens is 208 g/mol. The number of thiazole rings is 1. The van der Waals surface area contributed by atoms with Gasteiger partial charge < -0.3 is 10.1 Å². The van der Waals surface area contributed by atoms with E-state index < -0.39 is 0 Å². The summed E-state index contributed by atoms with van der Waals surface area (Å²) in [5, 5.41) is 6.35. The van der Waals surface area contributed by atoms with E-state index in [-0.39, 0.29) is 5.60 Å². The van der Waals surface area contributed by atoms with Gasteiger partial charge in [0.1, 0.15) is 10.6 Å². The highest BCUT2D eigenvalue weighted by atomic mass is 32.1. The number of methoxy groups -OCH3 is 1. The van der Waals surface area contributed by atoms with Crippen molar-refractivity contribution in [2.24, 2.45) is 0 Å². The summed E-state index contributed by atoms with van der Waals surface area (Å²) >= 11 is 1.67. The Morgan fingerprint density at radius 1 is 1.67 bits per heavy atom. The number of nitrogens with zero attached hydrogens (tertiary/aromatic N) is 1. The van der Waals surface area contributed by atoms with Gasteiger partial charge in [-0.15, -0.1) is 11.3 Å². The second kappa shape index (κ2) is 5.05. The third-order valence-corrected chi connectivity index (χ3v) is 4.08. The zero-order valence-corrected chi connectivity index (χ0v) is 10.9. The van der Waals surface area contributed by atoms with E-state index in [4.69, 9.17) is 4.74 Å². The molecule has 0 bridgehead atoms. The lowest BCUT2D eigenvalue weighted by molar-refractivity contribution is -0.00170.